The first-order valence-electron chi connectivity index (χ1n) is 8.13. The molecule has 1 atom stereocenters. The number of ether oxygens (including phenoxy) is 1. The van der Waals surface area contributed by atoms with Crippen molar-refractivity contribution in [3.63, 3.8) is 0 Å². The summed E-state index contributed by atoms with van der Waals surface area (Å²) in [6, 6.07) is 8.03. The molecule has 7 heteroatoms. The van der Waals surface area contributed by atoms with E-state index < -0.39 is 0 Å². The van der Waals surface area contributed by atoms with Crippen LogP contribution >= 0.6 is 15.9 Å². The Kier molecular flexibility index (Phi) is 7.52. The molecule has 24 heavy (non-hydrogen) atoms. The molecule has 6 nitrogen and oxygen atoms in total. The normalized spacial score (nSPS) is 17.6. The minimum absolute atomic E-state index is 0.00487. The molecule has 1 saturated heterocycles. The molecule has 0 radical (unpaired) electrons. The summed E-state index contributed by atoms with van der Waals surface area (Å²) >= 11 is 3.43. The highest BCUT2D eigenvalue weighted by Gasteiger charge is 2.16. The van der Waals surface area contributed by atoms with Gasteiger partial charge in [-0.05, 0) is 30.5 Å². The first-order chi connectivity index (χ1) is 11.5. The molecule has 0 saturated carbocycles. The van der Waals surface area contributed by atoms with E-state index in [-0.39, 0.29) is 18.6 Å². The Bertz CT molecular complexity index is 554. The van der Waals surface area contributed by atoms with Crippen LogP contribution in [-0.2, 0) is 16.1 Å². The van der Waals surface area contributed by atoms with Crippen LogP contribution in [0.4, 0.5) is 0 Å². The molecule has 2 rings (SSSR count). The highest BCUT2D eigenvalue weighted by Crippen LogP contribution is 2.12. The van der Waals surface area contributed by atoms with E-state index in [9.17, 15) is 4.79 Å². The fraction of sp³-hybridized carbons (Fsp3) is 0.529. The van der Waals surface area contributed by atoms with Crippen LogP contribution in [-0.4, -0.2) is 56.7 Å². The Hall–Kier alpha value is -1.60. The summed E-state index contributed by atoms with van der Waals surface area (Å²) in [5.74, 6) is 0.633. The minimum Gasteiger partial charge on any atom is -0.376 e. The fourth-order valence-corrected chi connectivity index (χ4v) is 2.53. The number of amides is 1. The first-order valence-corrected chi connectivity index (χ1v) is 8.92. The summed E-state index contributed by atoms with van der Waals surface area (Å²) < 4.78 is 6.66. The van der Waals surface area contributed by atoms with E-state index in [4.69, 9.17) is 4.74 Å². The number of rotatable bonds is 6. The third kappa shape index (κ3) is 6.49. The molecule has 1 amide bonds. The van der Waals surface area contributed by atoms with Crippen LogP contribution in [0.15, 0.2) is 33.7 Å². The van der Waals surface area contributed by atoms with Gasteiger partial charge in [0.15, 0.2) is 5.96 Å². The molecule has 1 aliphatic rings. The highest BCUT2D eigenvalue weighted by atomic mass is 79.9. The summed E-state index contributed by atoms with van der Waals surface area (Å²) in [4.78, 5) is 17.9. The zero-order valence-corrected chi connectivity index (χ0v) is 15.8. The van der Waals surface area contributed by atoms with Crippen LogP contribution in [0.5, 0.6) is 0 Å². The summed E-state index contributed by atoms with van der Waals surface area (Å²) in [7, 11) is 3.48. The van der Waals surface area contributed by atoms with Gasteiger partial charge in [-0.2, -0.15) is 0 Å². The van der Waals surface area contributed by atoms with E-state index in [0.29, 0.717) is 19.0 Å². The van der Waals surface area contributed by atoms with E-state index >= 15 is 0 Å². The highest BCUT2D eigenvalue weighted by molar-refractivity contribution is 9.10. The van der Waals surface area contributed by atoms with Gasteiger partial charge in [-0.3, -0.25) is 4.79 Å². The standard InChI is InChI=1S/C17H25BrN4O2/c1-22(2)16(23)12-21-17(20-11-15-4-3-9-24-15)19-10-13-5-7-14(18)8-6-13/h5-8,15H,3-4,9-12H2,1-2H3,(H2,19,20,21). The number of hydrogen-bond acceptors (Lipinski definition) is 3. The summed E-state index contributed by atoms with van der Waals surface area (Å²) in [6.45, 7) is 2.28. The molecule has 1 heterocycles. The van der Waals surface area contributed by atoms with Gasteiger partial charge in [0.25, 0.3) is 0 Å². The van der Waals surface area contributed by atoms with Crippen molar-refractivity contribution in [3.8, 4) is 0 Å². The number of hydrogen-bond donors (Lipinski definition) is 2. The van der Waals surface area contributed by atoms with Crippen molar-refractivity contribution >= 4 is 27.8 Å². The lowest BCUT2D eigenvalue weighted by Crippen LogP contribution is -2.45. The maximum Gasteiger partial charge on any atom is 0.241 e. The number of benzene rings is 1. The molecule has 1 fully saturated rings. The molecular weight excluding hydrogens is 372 g/mol. The third-order valence-electron chi connectivity index (χ3n) is 3.76. The molecule has 0 aromatic heterocycles. The van der Waals surface area contributed by atoms with Gasteiger partial charge in [0.2, 0.25) is 5.91 Å². The SMILES string of the molecule is CN(C)C(=O)CNC(=NCc1ccc(Br)cc1)NCC1CCCO1. The molecule has 1 unspecified atom stereocenters. The van der Waals surface area contributed by atoms with Crippen molar-refractivity contribution in [2.45, 2.75) is 25.5 Å². The third-order valence-corrected chi connectivity index (χ3v) is 4.29. The number of carbonyl (C=O) groups excluding carboxylic acids is 1. The van der Waals surface area contributed by atoms with Crippen molar-refractivity contribution in [3.05, 3.63) is 34.3 Å². The monoisotopic (exact) mass is 396 g/mol. The van der Waals surface area contributed by atoms with Crippen LogP contribution < -0.4 is 10.6 Å². The number of halogens is 1. The zero-order chi connectivity index (χ0) is 17.4. The Balaban J connectivity index is 1.92. The molecule has 0 spiro atoms. The Labute approximate surface area is 151 Å². The smallest absolute Gasteiger partial charge is 0.241 e. The Morgan fingerprint density at radius 3 is 2.71 bits per heavy atom. The lowest BCUT2D eigenvalue weighted by Gasteiger charge is -2.17. The van der Waals surface area contributed by atoms with E-state index in [1.165, 1.54) is 0 Å². The molecule has 1 aromatic carbocycles. The topological polar surface area (TPSA) is 66.0 Å². The van der Waals surface area contributed by atoms with Gasteiger partial charge in [-0.15, -0.1) is 0 Å². The van der Waals surface area contributed by atoms with Crippen molar-refractivity contribution < 1.29 is 9.53 Å². The molecule has 0 bridgehead atoms. The first kappa shape index (κ1) is 18.7. The lowest BCUT2D eigenvalue weighted by atomic mass is 10.2. The summed E-state index contributed by atoms with van der Waals surface area (Å²) in [5, 5.41) is 6.36. The maximum atomic E-state index is 11.8. The molecule has 0 aliphatic carbocycles. The maximum absolute atomic E-state index is 11.8. The van der Waals surface area contributed by atoms with E-state index in [1.807, 2.05) is 24.3 Å². The molecule has 2 N–H and O–H groups in total. The van der Waals surface area contributed by atoms with Gasteiger partial charge < -0.3 is 20.3 Å². The molecular formula is C17H25BrN4O2. The number of likely N-dealkylation sites (N-methyl/N-ethyl adjacent to an activating group) is 1. The van der Waals surface area contributed by atoms with Crippen LogP contribution in [0, 0.1) is 0 Å². The van der Waals surface area contributed by atoms with Crippen molar-refractivity contribution in [1.82, 2.24) is 15.5 Å². The number of guanidine groups is 1. The van der Waals surface area contributed by atoms with Gasteiger partial charge in [-0.1, -0.05) is 28.1 Å². The molecule has 1 aliphatic heterocycles. The lowest BCUT2D eigenvalue weighted by molar-refractivity contribution is -0.127. The fourth-order valence-electron chi connectivity index (χ4n) is 2.27. The van der Waals surface area contributed by atoms with Gasteiger partial charge in [0, 0.05) is 31.7 Å². The van der Waals surface area contributed by atoms with Gasteiger partial charge >= 0.3 is 0 Å². The van der Waals surface area contributed by atoms with Gasteiger partial charge in [-0.25, -0.2) is 4.99 Å². The number of nitrogens with zero attached hydrogens (tertiary/aromatic N) is 2. The number of nitrogens with one attached hydrogen (secondary N) is 2. The number of aliphatic imine (C=N–C) groups is 1. The second kappa shape index (κ2) is 9.64. The predicted molar refractivity (Wildman–Crippen MR) is 99.0 cm³/mol. The number of carbonyl (C=O) groups is 1. The van der Waals surface area contributed by atoms with E-state index in [1.54, 1.807) is 19.0 Å². The van der Waals surface area contributed by atoms with Crippen molar-refractivity contribution in [1.29, 1.82) is 0 Å². The largest absolute Gasteiger partial charge is 0.376 e. The minimum atomic E-state index is 0.00487. The van der Waals surface area contributed by atoms with Crippen molar-refractivity contribution in [2.75, 3.05) is 33.8 Å². The van der Waals surface area contributed by atoms with Crippen molar-refractivity contribution in [2.24, 2.45) is 4.99 Å². The van der Waals surface area contributed by atoms with Crippen LogP contribution in [0.1, 0.15) is 18.4 Å². The second-order valence-corrected chi connectivity index (χ2v) is 6.86. The molecule has 132 valence electrons. The Morgan fingerprint density at radius 1 is 1.33 bits per heavy atom. The van der Waals surface area contributed by atoms with Crippen LogP contribution in [0.25, 0.3) is 0 Å². The average Bonchev–Trinajstić information content (AvgIpc) is 3.08. The van der Waals surface area contributed by atoms with Crippen LogP contribution in [0.2, 0.25) is 0 Å². The predicted octanol–water partition coefficient (Wildman–Crippen LogP) is 1.75. The van der Waals surface area contributed by atoms with Crippen LogP contribution in [0.3, 0.4) is 0 Å². The zero-order valence-electron chi connectivity index (χ0n) is 14.2. The van der Waals surface area contributed by atoms with Gasteiger partial charge in [0.1, 0.15) is 0 Å². The average molecular weight is 397 g/mol. The van der Waals surface area contributed by atoms with E-state index in [0.717, 1.165) is 29.5 Å². The summed E-state index contributed by atoms with van der Waals surface area (Å²) in [5.41, 5.74) is 1.11. The summed E-state index contributed by atoms with van der Waals surface area (Å²) in [6.07, 6.45) is 2.38. The molecule has 1 aromatic rings. The second-order valence-electron chi connectivity index (χ2n) is 5.95. The quantitative estimate of drug-likeness (QED) is 0.567. The Morgan fingerprint density at radius 2 is 2.08 bits per heavy atom. The van der Waals surface area contributed by atoms with Gasteiger partial charge in [0.05, 0.1) is 19.2 Å². The van der Waals surface area contributed by atoms with E-state index in [2.05, 4.69) is 31.6 Å².